The summed E-state index contributed by atoms with van der Waals surface area (Å²) in [4.78, 5) is 28.3. The predicted octanol–water partition coefficient (Wildman–Crippen LogP) is 4.31. The van der Waals surface area contributed by atoms with Crippen molar-refractivity contribution in [3.63, 3.8) is 0 Å². The van der Waals surface area contributed by atoms with Crippen molar-refractivity contribution in [3.05, 3.63) is 95.9 Å². The molecule has 2 aromatic heterocycles. The van der Waals surface area contributed by atoms with Crippen LogP contribution in [0.4, 0.5) is 17.3 Å². The van der Waals surface area contributed by atoms with Gasteiger partial charge in [0.25, 0.3) is 0 Å². The molecular weight excluding hydrogens is 478 g/mol. The van der Waals surface area contributed by atoms with E-state index in [0.717, 1.165) is 55.2 Å². The number of piperazine rings is 1. The van der Waals surface area contributed by atoms with Gasteiger partial charge in [-0.1, -0.05) is 18.2 Å². The van der Waals surface area contributed by atoms with E-state index in [4.69, 9.17) is 10.8 Å². The van der Waals surface area contributed by atoms with Crippen LogP contribution in [-0.2, 0) is 6.54 Å². The van der Waals surface area contributed by atoms with Gasteiger partial charge in [0.2, 0.25) is 5.95 Å². The minimum Gasteiger partial charge on any atom is -0.478 e. The monoisotopic (exact) mass is 511 g/mol. The zero-order valence-electron chi connectivity index (χ0n) is 21.7. The van der Waals surface area contributed by atoms with Crippen LogP contribution in [0.2, 0.25) is 0 Å². The van der Waals surface area contributed by atoms with Crippen LogP contribution in [0.3, 0.4) is 0 Å². The number of aromatic nitrogens is 3. The van der Waals surface area contributed by atoms with E-state index in [9.17, 15) is 4.79 Å². The zero-order valence-corrected chi connectivity index (χ0v) is 21.7. The highest BCUT2D eigenvalue weighted by Crippen LogP contribution is 2.22. The molecule has 1 aliphatic rings. The number of rotatable bonds is 6. The number of anilines is 3. The smallest absolute Gasteiger partial charge is 0.335 e. The maximum atomic E-state index is 10.7. The van der Waals surface area contributed by atoms with Gasteiger partial charge in [0.15, 0.2) is 0 Å². The van der Waals surface area contributed by atoms with Crippen LogP contribution in [0, 0.1) is 6.92 Å². The van der Waals surface area contributed by atoms with Crippen LogP contribution in [-0.4, -0.2) is 69.1 Å². The number of pyridine rings is 1. The summed E-state index contributed by atoms with van der Waals surface area (Å²) in [5.41, 5.74) is 11.8. The van der Waals surface area contributed by atoms with Crippen molar-refractivity contribution in [1.82, 2.24) is 24.8 Å². The van der Waals surface area contributed by atoms with E-state index in [1.165, 1.54) is 5.56 Å². The maximum absolute atomic E-state index is 10.7. The van der Waals surface area contributed by atoms with Gasteiger partial charge in [-0.15, -0.1) is 0 Å². The number of nitrogens with two attached hydrogens (primary N) is 1. The van der Waals surface area contributed by atoms with Crippen LogP contribution in [0.5, 0.6) is 0 Å². The fraction of sp³-hybridized carbons (Fsp3) is 0.241. The lowest BCUT2D eigenvalue weighted by atomic mass is 10.1. The Kier molecular flexibility index (Phi) is 8.97. The van der Waals surface area contributed by atoms with Gasteiger partial charge in [-0.2, -0.15) is 0 Å². The normalized spacial score (nSPS) is 13.8. The number of benzene rings is 2. The van der Waals surface area contributed by atoms with E-state index < -0.39 is 5.97 Å². The zero-order chi connectivity index (χ0) is 26.9. The van der Waals surface area contributed by atoms with Crippen LogP contribution in [0.25, 0.3) is 11.3 Å². The third kappa shape index (κ3) is 7.58. The molecule has 2 aromatic carbocycles. The maximum Gasteiger partial charge on any atom is 0.335 e. The molecule has 0 spiro atoms. The molecule has 5 rings (SSSR count). The minimum absolute atomic E-state index is 0.354. The average Bonchev–Trinajstić information content (AvgIpc) is 2.93. The van der Waals surface area contributed by atoms with Crippen molar-refractivity contribution in [2.24, 2.45) is 0 Å². The summed E-state index contributed by atoms with van der Waals surface area (Å²) < 4.78 is 0. The number of hydrogen-bond acceptors (Lipinski definition) is 8. The fourth-order valence-corrected chi connectivity index (χ4v) is 4.01. The van der Waals surface area contributed by atoms with Gasteiger partial charge in [0.1, 0.15) is 0 Å². The van der Waals surface area contributed by atoms with Crippen LogP contribution < -0.4 is 11.1 Å². The first-order valence-corrected chi connectivity index (χ1v) is 12.5. The number of carboxylic acids is 1. The van der Waals surface area contributed by atoms with E-state index in [1.54, 1.807) is 30.7 Å². The average molecular weight is 512 g/mol. The summed E-state index contributed by atoms with van der Waals surface area (Å²) in [6, 6.07) is 18.6. The molecule has 1 saturated heterocycles. The molecule has 0 saturated carbocycles. The number of likely N-dealkylation sites (N-methyl/N-ethyl adjacent to an activating group) is 1. The van der Waals surface area contributed by atoms with Gasteiger partial charge in [-0.3, -0.25) is 9.88 Å². The lowest BCUT2D eigenvalue weighted by molar-refractivity contribution is 0.0697. The Morgan fingerprint density at radius 2 is 1.79 bits per heavy atom. The molecule has 38 heavy (non-hydrogen) atoms. The Labute approximate surface area is 223 Å². The molecule has 196 valence electrons. The van der Waals surface area contributed by atoms with E-state index in [1.807, 2.05) is 55.5 Å². The number of nitrogens with zero attached hydrogens (tertiary/aromatic N) is 5. The first kappa shape index (κ1) is 26.7. The summed E-state index contributed by atoms with van der Waals surface area (Å²) in [6.07, 6.45) is 5.23. The Hall–Kier alpha value is -4.34. The first-order valence-electron chi connectivity index (χ1n) is 12.5. The van der Waals surface area contributed by atoms with Crippen molar-refractivity contribution in [2.45, 2.75) is 13.5 Å². The molecular formula is C29H33N7O2. The van der Waals surface area contributed by atoms with Crippen LogP contribution in [0.15, 0.2) is 79.3 Å². The second kappa shape index (κ2) is 12.8. The Morgan fingerprint density at radius 1 is 1.03 bits per heavy atom. The van der Waals surface area contributed by atoms with Crippen LogP contribution >= 0.6 is 0 Å². The highest BCUT2D eigenvalue weighted by Gasteiger charge is 2.14. The molecule has 0 bridgehead atoms. The molecule has 0 radical (unpaired) electrons. The highest BCUT2D eigenvalue weighted by molar-refractivity contribution is 5.87. The molecule has 0 aliphatic carbocycles. The highest BCUT2D eigenvalue weighted by atomic mass is 16.4. The quantitative estimate of drug-likeness (QED) is 0.325. The summed E-state index contributed by atoms with van der Waals surface area (Å²) in [5, 5.41) is 12.0. The van der Waals surface area contributed by atoms with Crippen LogP contribution in [0.1, 0.15) is 21.5 Å². The molecule has 9 nitrogen and oxygen atoms in total. The summed E-state index contributed by atoms with van der Waals surface area (Å²) in [5.74, 6) is -0.332. The number of carboxylic acid groups (broad SMARTS) is 1. The van der Waals surface area contributed by atoms with Crippen molar-refractivity contribution < 1.29 is 9.90 Å². The van der Waals surface area contributed by atoms with Gasteiger partial charge in [-0.05, 0) is 67.6 Å². The third-order valence-electron chi connectivity index (χ3n) is 6.32. The fourth-order valence-electron chi connectivity index (χ4n) is 4.01. The van der Waals surface area contributed by atoms with Crippen molar-refractivity contribution >= 4 is 23.3 Å². The lowest BCUT2D eigenvalue weighted by Crippen LogP contribution is -2.43. The number of nitrogen functional groups attached to an aromatic ring is 1. The molecule has 0 amide bonds. The Bertz CT molecular complexity index is 1340. The molecule has 0 atom stereocenters. The number of nitrogens with one attached hydrogen (secondary N) is 1. The number of aryl methyl sites for hydroxylation is 1. The third-order valence-corrected chi connectivity index (χ3v) is 6.32. The second-order valence-corrected chi connectivity index (χ2v) is 9.29. The van der Waals surface area contributed by atoms with Gasteiger partial charge in [0.05, 0.1) is 11.3 Å². The predicted molar refractivity (Wildman–Crippen MR) is 150 cm³/mol. The lowest BCUT2D eigenvalue weighted by Gasteiger charge is -2.32. The van der Waals surface area contributed by atoms with Crippen molar-refractivity contribution in [3.8, 4) is 11.3 Å². The molecule has 3 heterocycles. The number of hydrogen-bond donors (Lipinski definition) is 3. The van der Waals surface area contributed by atoms with Gasteiger partial charge < -0.3 is 21.1 Å². The molecule has 4 N–H and O–H groups in total. The van der Waals surface area contributed by atoms with Gasteiger partial charge >= 0.3 is 5.97 Å². The summed E-state index contributed by atoms with van der Waals surface area (Å²) in [7, 11) is 2.14. The molecule has 1 aliphatic heterocycles. The summed E-state index contributed by atoms with van der Waals surface area (Å²) in [6.45, 7) is 7.29. The molecule has 4 aromatic rings. The van der Waals surface area contributed by atoms with Crippen molar-refractivity contribution in [2.75, 3.05) is 44.3 Å². The molecule has 9 heteroatoms. The van der Waals surface area contributed by atoms with E-state index in [-0.39, 0.29) is 0 Å². The van der Waals surface area contributed by atoms with Gasteiger partial charge in [0, 0.05) is 68.3 Å². The SMILES string of the molecule is CN1CCN(Cc2ccc(C(=O)O)cc2)CC1.Cc1ccc(N)cc1Nc1nccc(-c2cccnc2)n1. The van der Waals surface area contributed by atoms with E-state index in [0.29, 0.717) is 17.2 Å². The molecule has 0 unspecified atom stereocenters. The summed E-state index contributed by atoms with van der Waals surface area (Å²) >= 11 is 0. The Morgan fingerprint density at radius 3 is 2.47 bits per heavy atom. The Balaban J connectivity index is 0.000000181. The van der Waals surface area contributed by atoms with E-state index >= 15 is 0 Å². The first-order chi connectivity index (χ1) is 18.4. The number of carbonyl (C=O) groups is 1. The standard InChI is InChI=1S/C16H15N5.C13H18N2O2/c1-11-4-5-13(17)9-15(11)21-16-19-8-6-14(20-16)12-3-2-7-18-10-12;1-14-6-8-15(9-7-14)10-11-2-4-12(5-3-11)13(16)17/h2-10H,17H2,1H3,(H,19,20,21);2-5H,6-10H2,1H3,(H,16,17). The number of aromatic carboxylic acids is 1. The minimum atomic E-state index is -0.865. The van der Waals surface area contributed by atoms with Gasteiger partial charge in [-0.25, -0.2) is 14.8 Å². The van der Waals surface area contributed by atoms with E-state index in [2.05, 4.69) is 37.1 Å². The topological polar surface area (TPSA) is 120 Å². The second-order valence-electron chi connectivity index (χ2n) is 9.29. The largest absolute Gasteiger partial charge is 0.478 e. The van der Waals surface area contributed by atoms with Crippen molar-refractivity contribution in [1.29, 1.82) is 0 Å². The molecule has 1 fully saturated rings.